The lowest BCUT2D eigenvalue weighted by molar-refractivity contribution is -0.132. The molecule has 1 aliphatic rings. The number of anilines is 1. The van der Waals surface area contributed by atoms with E-state index in [0.29, 0.717) is 13.0 Å². The van der Waals surface area contributed by atoms with Gasteiger partial charge in [-0.15, -0.1) is 0 Å². The number of fused-ring (bicyclic) bond motifs is 2. The molecule has 1 saturated heterocycles. The number of piperidine rings is 1. The van der Waals surface area contributed by atoms with Crippen LogP contribution in [0.1, 0.15) is 12.8 Å². The number of nitrogens with one attached hydrogen (secondary N) is 1. The summed E-state index contributed by atoms with van der Waals surface area (Å²) in [5.41, 5.74) is 6.12. The molecule has 0 spiro atoms. The van der Waals surface area contributed by atoms with Crippen LogP contribution >= 0.6 is 0 Å². The molecule has 3 heterocycles. The smallest absolute Gasteiger partial charge is 0.222 e. The quantitative estimate of drug-likeness (QED) is 0.582. The van der Waals surface area contributed by atoms with Gasteiger partial charge in [0, 0.05) is 68.5 Å². The lowest BCUT2D eigenvalue weighted by Gasteiger charge is -2.31. The van der Waals surface area contributed by atoms with Crippen molar-refractivity contribution in [2.24, 2.45) is 7.05 Å². The fraction of sp³-hybridized carbons (Fsp3) is 0.261. The van der Waals surface area contributed by atoms with Crippen LogP contribution in [0.15, 0.2) is 55.0 Å². The molecule has 1 atom stereocenters. The molecule has 0 radical (unpaired) electrons. The first-order chi connectivity index (χ1) is 14.1. The van der Waals surface area contributed by atoms with Crippen LogP contribution in [0.4, 0.5) is 5.69 Å². The molecular formula is C23H23N5O. The standard InChI is InChI=1S/C23H23N5O/c1-27-10-7-15-3-4-16(11-21(15)27)19-12-18(13-20-23(19)25-9-8-24-20)26-17-5-6-22(29)28(2)14-17/h3-4,7-13,17,26H,5-6,14H2,1-2H3. The molecule has 5 rings (SSSR count). The molecule has 0 bridgehead atoms. The molecule has 29 heavy (non-hydrogen) atoms. The van der Waals surface area contributed by atoms with Crippen LogP contribution in [-0.4, -0.2) is 45.0 Å². The summed E-state index contributed by atoms with van der Waals surface area (Å²) in [6.07, 6.45) is 6.96. The number of carbonyl (C=O) groups is 1. The largest absolute Gasteiger partial charge is 0.380 e. The van der Waals surface area contributed by atoms with Gasteiger partial charge in [0.05, 0.1) is 11.0 Å². The maximum absolute atomic E-state index is 11.8. The minimum atomic E-state index is 0.212. The van der Waals surface area contributed by atoms with E-state index in [4.69, 9.17) is 0 Å². The zero-order valence-electron chi connectivity index (χ0n) is 16.6. The van der Waals surface area contributed by atoms with E-state index < -0.39 is 0 Å². The van der Waals surface area contributed by atoms with E-state index in [1.807, 2.05) is 13.1 Å². The van der Waals surface area contributed by atoms with E-state index >= 15 is 0 Å². The molecule has 0 aliphatic carbocycles. The molecule has 1 fully saturated rings. The van der Waals surface area contributed by atoms with Crippen molar-refractivity contribution in [3.05, 3.63) is 55.0 Å². The summed E-state index contributed by atoms with van der Waals surface area (Å²) < 4.78 is 2.13. The average Bonchev–Trinajstić information content (AvgIpc) is 3.10. The lowest BCUT2D eigenvalue weighted by Crippen LogP contribution is -2.43. The van der Waals surface area contributed by atoms with Crippen molar-refractivity contribution in [3.8, 4) is 11.1 Å². The lowest BCUT2D eigenvalue weighted by atomic mass is 10.0. The van der Waals surface area contributed by atoms with Gasteiger partial charge in [-0.05, 0) is 41.6 Å². The Morgan fingerprint density at radius 3 is 2.79 bits per heavy atom. The number of benzene rings is 2. The summed E-state index contributed by atoms with van der Waals surface area (Å²) in [6.45, 7) is 0.710. The highest BCUT2D eigenvalue weighted by molar-refractivity contribution is 5.97. The third-order valence-electron chi connectivity index (χ3n) is 5.77. The number of rotatable bonds is 3. The van der Waals surface area contributed by atoms with Gasteiger partial charge in [0.25, 0.3) is 0 Å². The minimum Gasteiger partial charge on any atom is -0.380 e. The Morgan fingerprint density at radius 1 is 1.07 bits per heavy atom. The van der Waals surface area contributed by atoms with Gasteiger partial charge in [-0.2, -0.15) is 0 Å². The molecule has 6 heteroatoms. The van der Waals surface area contributed by atoms with E-state index in [1.54, 1.807) is 17.3 Å². The summed E-state index contributed by atoms with van der Waals surface area (Å²) in [4.78, 5) is 22.7. The third kappa shape index (κ3) is 3.20. The van der Waals surface area contributed by atoms with Crippen molar-refractivity contribution < 1.29 is 4.79 Å². The maximum Gasteiger partial charge on any atom is 0.222 e. The second-order valence-corrected chi connectivity index (χ2v) is 7.80. The molecule has 2 aromatic carbocycles. The third-order valence-corrected chi connectivity index (χ3v) is 5.77. The molecule has 1 aliphatic heterocycles. The van der Waals surface area contributed by atoms with Crippen LogP contribution in [0, 0.1) is 0 Å². The molecule has 2 aromatic heterocycles. The number of aromatic nitrogens is 3. The van der Waals surface area contributed by atoms with Gasteiger partial charge in [0.15, 0.2) is 0 Å². The number of likely N-dealkylation sites (N-methyl/N-ethyl adjacent to an activating group) is 1. The molecule has 6 nitrogen and oxygen atoms in total. The van der Waals surface area contributed by atoms with Gasteiger partial charge in [0.1, 0.15) is 0 Å². The second kappa shape index (κ2) is 6.88. The Balaban J connectivity index is 1.58. The fourth-order valence-electron chi connectivity index (χ4n) is 4.17. The Kier molecular flexibility index (Phi) is 4.19. The number of likely N-dealkylation sites (tertiary alicyclic amines) is 1. The van der Waals surface area contributed by atoms with Crippen molar-refractivity contribution in [2.45, 2.75) is 18.9 Å². The minimum absolute atomic E-state index is 0.212. The highest BCUT2D eigenvalue weighted by Crippen LogP contribution is 2.32. The zero-order chi connectivity index (χ0) is 20.0. The average molecular weight is 385 g/mol. The molecule has 4 aromatic rings. The normalized spacial score (nSPS) is 17.2. The van der Waals surface area contributed by atoms with E-state index in [9.17, 15) is 4.79 Å². The SMILES string of the molecule is CN1CC(Nc2cc(-c3ccc4ccn(C)c4c3)c3nccnc3c2)CCC1=O. The molecule has 0 saturated carbocycles. The summed E-state index contributed by atoms with van der Waals surface area (Å²) in [5, 5.41) is 4.83. The monoisotopic (exact) mass is 385 g/mol. The van der Waals surface area contributed by atoms with E-state index in [0.717, 1.165) is 34.3 Å². The Morgan fingerprint density at radius 2 is 1.93 bits per heavy atom. The van der Waals surface area contributed by atoms with Crippen LogP contribution < -0.4 is 5.32 Å². The summed E-state index contributed by atoms with van der Waals surface area (Å²) >= 11 is 0. The fourth-order valence-corrected chi connectivity index (χ4v) is 4.17. The van der Waals surface area contributed by atoms with Crippen molar-refractivity contribution in [3.63, 3.8) is 0 Å². The van der Waals surface area contributed by atoms with Crippen LogP contribution in [0.25, 0.3) is 33.1 Å². The van der Waals surface area contributed by atoms with Crippen LogP contribution in [0.5, 0.6) is 0 Å². The number of nitrogens with zero attached hydrogens (tertiary/aromatic N) is 4. The van der Waals surface area contributed by atoms with Crippen molar-refractivity contribution >= 4 is 33.5 Å². The summed E-state index contributed by atoms with van der Waals surface area (Å²) in [7, 11) is 3.92. The molecule has 1 N–H and O–H groups in total. The highest BCUT2D eigenvalue weighted by Gasteiger charge is 2.23. The molecular weight excluding hydrogens is 362 g/mol. The van der Waals surface area contributed by atoms with Crippen molar-refractivity contribution in [1.29, 1.82) is 0 Å². The predicted octanol–water partition coefficient (Wildman–Crippen LogP) is 3.82. The predicted molar refractivity (Wildman–Crippen MR) is 116 cm³/mol. The molecule has 146 valence electrons. The number of aryl methyl sites for hydroxylation is 1. The maximum atomic E-state index is 11.8. The van der Waals surface area contributed by atoms with Gasteiger partial charge in [0.2, 0.25) is 5.91 Å². The van der Waals surface area contributed by atoms with Gasteiger partial charge >= 0.3 is 0 Å². The number of amides is 1. The van der Waals surface area contributed by atoms with Crippen LogP contribution in [-0.2, 0) is 11.8 Å². The first-order valence-electron chi connectivity index (χ1n) is 9.89. The summed E-state index contributed by atoms with van der Waals surface area (Å²) in [6, 6.07) is 13.0. The molecule has 1 amide bonds. The number of hydrogen-bond acceptors (Lipinski definition) is 4. The topological polar surface area (TPSA) is 63.1 Å². The van der Waals surface area contributed by atoms with E-state index in [1.165, 1.54) is 10.9 Å². The first-order valence-corrected chi connectivity index (χ1v) is 9.89. The zero-order valence-corrected chi connectivity index (χ0v) is 16.6. The van der Waals surface area contributed by atoms with Gasteiger partial charge < -0.3 is 14.8 Å². The van der Waals surface area contributed by atoms with E-state index in [2.05, 4.69) is 63.4 Å². The van der Waals surface area contributed by atoms with Crippen LogP contribution in [0.3, 0.4) is 0 Å². The van der Waals surface area contributed by atoms with Crippen molar-refractivity contribution in [1.82, 2.24) is 19.4 Å². The van der Waals surface area contributed by atoms with Gasteiger partial charge in [-0.25, -0.2) is 0 Å². The second-order valence-electron chi connectivity index (χ2n) is 7.80. The van der Waals surface area contributed by atoms with Crippen LogP contribution in [0.2, 0.25) is 0 Å². The summed E-state index contributed by atoms with van der Waals surface area (Å²) in [5.74, 6) is 0.212. The van der Waals surface area contributed by atoms with Gasteiger partial charge in [-0.3, -0.25) is 14.8 Å². The van der Waals surface area contributed by atoms with E-state index in [-0.39, 0.29) is 11.9 Å². The van der Waals surface area contributed by atoms with Gasteiger partial charge in [-0.1, -0.05) is 12.1 Å². The first kappa shape index (κ1) is 17.7. The Hall–Kier alpha value is -3.41. The highest BCUT2D eigenvalue weighted by atomic mass is 16.2. The number of hydrogen-bond donors (Lipinski definition) is 1. The molecule has 1 unspecified atom stereocenters. The Labute approximate surface area is 169 Å². The van der Waals surface area contributed by atoms with Crippen molar-refractivity contribution in [2.75, 3.05) is 18.9 Å². The number of carbonyl (C=O) groups excluding carboxylic acids is 1. The Bertz CT molecular complexity index is 1230.